The van der Waals surface area contributed by atoms with Crippen molar-refractivity contribution in [3.8, 4) is 10.7 Å². The zero-order chi connectivity index (χ0) is 12.3. The van der Waals surface area contributed by atoms with E-state index in [1.54, 1.807) is 11.3 Å². The van der Waals surface area contributed by atoms with E-state index in [0.717, 1.165) is 27.2 Å². The smallest absolute Gasteiger partial charge is 0.235 e. The van der Waals surface area contributed by atoms with E-state index in [4.69, 9.17) is 0 Å². The Hall–Kier alpha value is -1.76. The quantitative estimate of drug-likeness (QED) is 0.704. The number of hydrogen-bond donors (Lipinski definition) is 0. The SMILES string of the molecule is Cc1cc(-c2nn3c(C4CC4)nnc3s2)n(C)n1. The van der Waals surface area contributed by atoms with Gasteiger partial charge >= 0.3 is 0 Å². The van der Waals surface area contributed by atoms with Gasteiger partial charge in [-0.3, -0.25) is 4.68 Å². The summed E-state index contributed by atoms with van der Waals surface area (Å²) in [4.78, 5) is 0.866. The van der Waals surface area contributed by atoms with Gasteiger partial charge in [-0.1, -0.05) is 11.3 Å². The second-order valence-corrected chi connectivity index (χ2v) is 5.68. The van der Waals surface area contributed by atoms with E-state index in [2.05, 4.69) is 20.4 Å². The van der Waals surface area contributed by atoms with Crippen LogP contribution in [0.1, 0.15) is 30.3 Å². The maximum atomic E-state index is 4.63. The minimum absolute atomic E-state index is 0.559. The molecular formula is C11H12N6S. The van der Waals surface area contributed by atoms with Gasteiger partial charge in [-0.05, 0) is 25.8 Å². The lowest BCUT2D eigenvalue weighted by Crippen LogP contribution is -1.96. The fourth-order valence-corrected chi connectivity index (χ4v) is 3.04. The summed E-state index contributed by atoms with van der Waals surface area (Å²) in [5, 5.41) is 18.3. The Labute approximate surface area is 107 Å². The first-order valence-corrected chi connectivity index (χ1v) is 6.77. The number of fused-ring (bicyclic) bond motifs is 1. The van der Waals surface area contributed by atoms with Crippen molar-refractivity contribution in [3.63, 3.8) is 0 Å². The zero-order valence-corrected chi connectivity index (χ0v) is 11.0. The number of aromatic nitrogens is 6. The van der Waals surface area contributed by atoms with Gasteiger partial charge in [0, 0.05) is 13.0 Å². The molecule has 4 rings (SSSR count). The standard InChI is InChI=1S/C11H12N6S/c1-6-5-8(16(2)14-6)10-15-17-9(7-3-4-7)12-13-11(17)18-10/h5,7H,3-4H2,1-2H3. The Morgan fingerprint density at radius 2 is 2.11 bits per heavy atom. The molecule has 1 saturated carbocycles. The van der Waals surface area contributed by atoms with E-state index in [1.807, 2.05) is 29.2 Å². The van der Waals surface area contributed by atoms with Crippen LogP contribution in [0.15, 0.2) is 6.07 Å². The molecule has 0 radical (unpaired) electrons. The van der Waals surface area contributed by atoms with Crippen LogP contribution in [0.4, 0.5) is 0 Å². The number of hydrogen-bond acceptors (Lipinski definition) is 5. The van der Waals surface area contributed by atoms with Gasteiger partial charge in [0.1, 0.15) is 0 Å². The molecule has 0 saturated heterocycles. The Bertz CT molecular complexity index is 732. The largest absolute Gasteiger partial charge is 0.265 e. The van der Waals surface area contributed by atoms with Gasteiger partial charge in [0.05, 0.1) is 11.4 Å². The van der Waals surface area contributed by atoms with Crippen molar-refractivity contribution in [2.75, 3.05) is 0 Å². The number of aryl methyl sites for hydroxylation is 2. The normalized spacial score (nSPS) is 15.7. The molecule has 0 spiro atoms. The summed E-state index contributed by atoms with van der Waals surface area (Å²) < 4.78 is 3.75. The topological polar surface area (TPSA) is 60.9 Å². The molecule has 0 aliphatic heterocycles. The summed E-state index contributed by atoms with van der Waals surface area (Å²) in [6.07, 6.45) is 2.41. The highest BCUT2D eigenvalue weighted by Crippen LogP contribution is 2.39. The van der Waals surface area contributed by atoms with E-state index in [-0.39, 0.29) is 0 Å². The lowest BCUT2D eigenvalue weighted by atomic mass is 10.4. The Morgan fingerprint density at radius 3 is 2.78 bits per heavy atom. The van der Waals surface area contributed by atoms with Crippen LogP contribution in [0.3, 0.4) is 0 Å². The van der Waals surface area contributed by atoms with Crippen LogP contribution in [-0.4, -0.2) is 29.6 Å². The van der Waals surface area contributed by atoms with Gasteiger partial charge in [0.15, 0.2) is 10.8 Å². The fourth-order valence-electron chi connectivity index (χ4n) is 2.14. The zero-order valence-electron chi connectivity index (χ0n) is 10.2. The van der Waals surface area contributed by atoms with Gasteiger partial charge in [-0.25, -0.2) is 0 Å². The predicted octanol–water partition coefficient (Wildman–Crippen LogP) is 1.77. The van der Waals surface area contributed by atoms with Crippen molar-refractivity contribution in [2.45, 2.75) is 25.7 Å². The fraction of sp³-hybridized carbons (Fsp3) is 0.455. The predicted molar refractivity (Wildman–Crippen MR) is 67.6 cm³/mol. The van der Waals surface area contributed by atoms with Crippen molar-refractivity contribution in [2.24, 2.45) is 7.05 Å². The second-order valence-electron chi connectivity index (χ2n) is 4.73. The summed E-state index contributed by atoms with van der Waals surface area (Å²) in [6.45, 7) is 1.99. The minimum Gasteiger partial charge on any atom is -0.265 e. The van der Waals surface area contributed by atoms with Crippen molar-refractivity contribution < 1.29 is 0 Å². The average molecular weight is 260 g/mol. The van der Waals surface area contributed by atoms with Gasteiger partial charge in [0.2, 0.25) is 4.96 Å². The first-order valence-electron chi connectivity index (χ1n) is 5.95. The molecule has 0 unspecified atom stereocenters. The van der Waals surface area contributed by atoms with Crippen molar-refractivity contribution in [3.05, 3.63) is 17.6 Å². The van der Waals surface area contributed by atoms with Gasteiger partial charge in [0.25, 0.3) is 0 Å². The van der Waals surface area contributed by atoms with Crippen LogP contribution >= 0.6 is 11.3 Å². The minimum atomic E-state index is 0.559. The number of nitrogens with zero attached hydrogens (tertiary/aromatic N) is 6. The molecule has 6 nitrogen and oxygen atoms in total. The van der Waals surface area contributed by atoms with Crippen LogP contribution in [0, 0.1) is 6.92 Å². The van der Waals surface area contributed by atoms with E-state index in [1.165, 1.54) is 12.8 Å². The molecule has 3 aromatic rings. The van der Waals surface area contributed by atoms with Crippen molar-refractivity contribution >= 4 is 16.3 Å². The van der Waals surface area contributed by atoms with Gasteiger partial charge < -0.3 is 0 Å². The lowest BCUT2D eigenvalue weighted by Gasteiger charge is -1.94. The number of rotatable bonds is 2. The molecule has 3 heterocycles. The highest BCUT2D eigenvalue weighted by atomic mass is 32.1. The molecule has 0 aromatic carbocycles. The monoisotopic (exact) mass is 260 g/mol. The summed E-state index contributed by atoms with van der Waals surface area (Å²) in [6, 6.07) is 2.04. The van der Waals surface area contributed by atoms with Crippen LogP contribution in [0.5, 0.6) is 0 Å². The Morgan fingerprint density at radius 1 is 1.28 bits per heavy atom. The second kappa shape index (κ2) is 3.38. The van der Waals surface area contributed by atoms with Crippen LogP contribution in [-0.2, 0) is 7.05 Å². The third kappa shape index (κ3) is 1.40. The van der Waals surface area contributed by atoms with E-state index in [0.29, 0.717) is 5.92 Å². The maximum Gasteiger partial charge on any atom is 0.235 e. The molecule has 0 amide bonds. The summed E-state index contributed by atoms with van der Waals surface area (Å²) in [7, 11) is 1.94. The van der Waals surface area contributed by atoms with Crippen molar-refractivity contribution in [1.29, 1.82) is 0 Å². The highest BCUT2D eigenvalue weighted by molar-refractivity contribution is 7.19. The molecule has 0 N–H and O–H groups in total. The molecule has 18 heavy (non-hydrogen) atoms. The average Bonchev–Trinajstić information content (AvgIpc) is 2.81. The highest BCUT2D eigenvalue weighted by Gasteiger charge is 2.30. The summed E-state index contributed by atoms with van der Waals surface area (Å²) in [5.74, 6) is 1.56. The molecule has 92 valence electrons. The first-order chi connectivity index (χ1) is 8.72. The Kier molecular flexibility index (Phi) is 1.91. The third-order valence-electron chi connectivity index (χ3n) is 3.18. The van der Waals surface area contributed by atoms with Crippen LogP contribution in [0.25, 0.3) is 15.7 Å². The molecule has 0 atom stereocenters. The Balaban J connectivity index is 1.88. The van der Waals surface area contributed by atoms with Crippen LogP contribution < -0.4 is 0 Å². The van der Waals surface area contributed by atoms with Gasteiger partial charge in [-0.2, -0.15) is 14.7 Å². The van der Waals surface area contributed by atoms with E-state index < -0.39 is 0 Å². The molecule has 3 aromatic heterocycles. The molecular weight excluding hydrogens is 248 g/mol. The van der Waals surface area contributed by atoms with Crippen LogP contribution in [0.2, 0.25) is 0 Å². The summed E-state index contributed by atoms with van der Waals surface area (Å²) in [5.41, 5.74) is 2.03. The molecule has 1 fully saturated rings. The molecule has 0 bridgehead atoms. The maximum absolute atomic E-state index is 4.63. The summed E-state index contributed by atoms with van der Waals surface area (Å²) >= 11 is 1.56. The molecule has 1 aliphatic carbocycles. The lowest BCUT2D eigenvalue weighted by molar-refractivity contribution is 0.758. The molecule has 1 aliphatic rings. The molecule has 7 heteroatoms. The van der Waals surface area contributed by atoms with Gasteiger partial charge in [-0.15, -0.1) is 10.2 Å². The first kappa shape index (κ1) is 10.2. The third-order valence-corrected chi connectivity index (χ3v) is 4.10. The van der Waals surface area contributed by atoms with E-state index >= 15 is 0 Å². The van der Waals surface area contributed by atoms with Crippen molar-refractivity contribution in [1.82, 2.24) is 29.6 Å². The van der Waals surface area contributed by atoms with E-state index in [9.17, 15) is 0 Å².